The van der Waals surface area contributed by atoms with Crippen LogP contribution in [0.1, 0.15) is 6.92 Å². The van der Waals surface area contributed by atoms with Gasteiger partial charge in [0.2, 0.25) is 0 Å². The van der Waals surface area contributed by atoms with E-state index in [1.165, 1.54) is 0 Å². The molecule has 0 radical (unpaired) electrons. The van der Waals surface area contributed by atoms with Crippen molar-refractivity contribution in [2.24, 2.45) is 17.2 Å². The second kappa shape index (κ2) is 21.3. The van der Waals surface area contributed by atoms with E-state index in [0.29, 0.717) is 0 Å². The normalized spacial score (nSPS) is 15.2. The summed E-state index contributed by atoms with van der Waals surface area (Å²) < 4.78 is 0. The molecule has 5 atom stereocenters. The van der Waals surface area contributed by atoms with Gasteiger partial charge in [0.1, 0.15) is 18.3 Å². The molecule has 1 unspecified atom stereocenters. The molecule has 144 valence electrons. The number of hydrogen-bond donors (Lipinski definition) is 8. The molecule has 0 spiro atoms. The Morgan fingerprint density at radius 1 is 1.08 bits per heavy atom. The molecule has 0 aliphatic carbocycles. The summed E-state index contributed by atoms with van der Waals surface area (Å²) in [6, 6.07) is 0. The number of rotatable bonds is 7. The van der Waals surface area contributed by atoms with Gasteiger partial charge in [0.05, 0.1) is 6.17 Å². The Labute approximate surface area is 142 Å². The number of aldehydes is 1. The maximum atomic E-state index is 11.2. The zero-order valence-electron chi connectivity index (χ0n) is 14.0. The zero-order chi connectivity index (χ0) is 20.3. The van der Waals surface area contributed by atoms with E-state index < -0.39 is 36.5 Å². The average molecular weight is 352 g/mol. The van der Waals surface area contributed by atoms with Crippen LogP contribution in [0.4, 0.5) is 0 Å². The number of carbonyl (C=O) groups excluding carboxylic acids is 2. The molecule has 0 aromatic rings. The fourth-order valence-corrected chi connectivity index (χ4v) is 0.951. The van der Waals surface area contributed by atoms with Crippen LogP contribution in [0.25, 0.3) is 0 Å². The summed E-state index contributed by atoms with van der Waals surface area (Å²) in [5, 5.41) is 38.7. The minimum atomic E-state index is -2.04. The Balaban J connectivity index is -0.000000247. The van der Waals surface area contributed by atoms with Crippen molar-refractivity contribution in [1.29, 1.82) is 0 Å². The molecule has 0 heterocycles. The molecule has 11 N–H and O–H groups in total. The van der Waals surface area contributed by atoms with Crippen molar-refractivity contribution in [2.75, 3.05) is 13.1 Å². The predicted octanol–water partition coefficient (Wildman–Crippen LogP) is -3.44. The average Bonchev–Trinajstić information content (AvgIpc) is 2.62. The highest BCUT2D eigenvalue weighted by atomic mass is 16.4. The third-order valence-corrected chi connectivity index (χ3v) is 2.01. The Kier molecular flexibility index (Phi) is 26.9. The van der Waals surface area contributed by atoms with E-state index in [-0.39, 0.29) is 12.8 Å². The molecule has 0 fully saturated rings. The number of hydrogen-bond acceptors (Lipinski definition) is 9. The monoisotopic (exact) mass is 352 g/mol. The lowest BCUT2D eigenvalue weighted by Gasteiger charge is -2.24. The van der Waals surface area contributed by atoms with Crippen LogP contribution in [0, 0.1) is 0 Å². The summed E-state index contributed by atoms with van der Waals surface area (Å²) in [5.74, 6) is -1.08. The molecule has 0 bridgehead atoms. The van der Waals surface area contributed by atoms with Gasteiger partial charge in [0.25, 0.3) is 5.91 Å². The molecule has 0 aromatic carbocycles. The SMILES string of the molecule is C=C.C=C.CCN.NCC(N)NC(=O)[C@H](O)[C@@H](O)[C@@H](O)[C@H](O)C=O. The van der Waals surface area contributed by atoms with Crippen molar-refractivity contribution >= 4 is 12.2 Å². The van der Waals surface area contributed by atoms with Crippen LogP contribution in [0.15, 0.2) is 26.3 Å². The Morgan fingerprint density at radius 2 is 1.46 bits per heavy atom. The minimum Gasteiger partial charge on any atom is -0.387 e. The van der Waals surface area contributed by atoms with Crippen LogP contribution in [0.3, 0.4) is 0 Å². The lowest BCUT2D eigenvalue weighted by atomic mass is 10.0. The maximum Gasteiger partial charge on any atom is 0.252 e. The minimum absolute atomic E-state index is 0.0376. The zero-order valence-corrected chi connectivity index (χ0v) is 14.0. The van der Waals surface area contributed by atoms with Crippen molar-refractivity contribution < 1.29 is 30.0 Å². The first-order chi connectivity index (χ1) is 11.3. The first-order valence-corrected chi connectivity index (χ1v) is 6.90. The lowest BCUT2D eigenvalue weighted by Crippen LogP contribution is -2.55. The van der Waals surface area contributed by atoms with Crippen LogP contribution in [-0.4, -0.2) is 76.3 Å². The predicted molar refractivity (Wildman–Crippen MR) is 92.5 cm³/mol. The van der Waals surface area contributed by atoms with E-state index in [2.05, 4.69) is 26.3 Å². The molecular weight excluding hydrogens is 320 g/mol. The van der Waals surface area contributed by atoms with Crippen LogP contribution in [-0.2, 0) is 9.59 Å². The quantitative estimate of drug-likeness (QED) is 0.130. The number of nitrogens with one attached hydrogen (secondary N) is 1. The highest BCUT2D eigenvalue weighted by Gasteiger charge is 2.34. The first kappa shape index (κ1) is 30.2. The van der Waals surface area contributed by atoms with Gasteiger partial charge in [0.15, 0.2) is 12.4 Å². The van der Waals surface area contributed by atoms with Crippen LogP contribution in [0.2, 0.25) is 0 Å². The fourth-order valence-electron chi connectivity index (χ4n) is 0.951. The largest absolute Gasteiger partial charge is 0.387 e. The number of amides is 1. The van der Waals surface area contributed by atoms with Crippen molar-refractivity contribution in [2.45, 2.75) is 37.5 Å². The topological polar surface area (TPSA) is 205 Å². The molecule has 0 saturated carbocycles. The van der Waals surface area contributed by atoms with Crippen molar-refractivity contribution in [1.82, 2.24) is 5.32 Å². The van der Waals surface area contributed by atoms with Crippen LogP contribution < -0.4 is 22.5 Å². The third-order valence-electron chi connectivity index (χ3n) is 2.01. The first-order valence-electron chi connectivity index (χ1n) is 6.90. The van der Waals surface area contributed by atoms with Gasteiger partial charge in [0, 0.05) is 6.54 Å². The van der Waals surface area contributed by atoms with Crippen molar-refractivity contribution in [3.05, 3.63) is 26.3 Å². The van der Waals surface area contributed by atoms with Gasteiger partial charge in [-0.15, -0.1) is 26.3 Å². The Morgan fingerprint density at radius 3 is 1.75 bits per heavy atom. The van der Waals surface area contributed by atoms with Gasteiger partial charge in [-0.3, -0.25) is 4.79 Å². The van der Waals surface area contributed by atoms with Gasteiger partial charge in [-0.25, -0.2) is 0 Å². The van der Waals surface area contributed by atoms with Crippen molar-refractivity contribution in [3.8, 4) is 0 Å². The smallest absolute Gasteiger partial charge is 0.252 e. The summed E-state index contributed by atoms with van der Waals surface area (Å²) >= 11 is 0. The van der Waals surface area contributed by atoms with E-state index in [0.717, 1.165) is 6.54 Å². The van der Waals surface area contributed by atoms with Gasteiger partial charge < -0.3 is 47.7 Å². The molecule has 10 heteroatoms. The highest BCUT2D eigenvalue weighted by molar-refractivity contribution is 5.81. The molecular formula is C14H32N4O6. The van der Waals surface area contributed by atoms with Crippen LogP contribution in [0.5, 0.6) is 0 Å². The number of aliphatic hydroxyl groups excluding tert-OH is 4. The molecule has 10 nitrogen and oxygen atoms in total. The van der Waals surface area contributed by atoms with E-state index in [1.807, 2.05) is 12.2 Å². The molecule has 0 saturated heterocycles. The summed E-state index contributed by atoms with van der Waals surface area (Å²) in [6.45, 7) is 14.6. The van der Waals surface area contributed by atoms with Gasteiger partial charge in [-0.05, 0) is 6.54 Å². The molecule has 1 amide bonds. The molecule has 0 rings (SSSR count). The number of aliphatic hydroxyl groups is 4. The highest BCUT2D eigenvalue weighted by Crippen LogP contribution is 2.04. The van der Waals surface area contributed by atoms with E-state index >= 15 is 0 Å². The Hall–Kier alpha value is -1.66. The van der Waals surface area contributed by atoms with E-state index in [1.54, 1.807) is 0 Å². The standard InChI is InChI=1S/C8H17N3O6.C2H7N.2C2H4/c9-1-4(10)11-8(17)7(16)6(15)5(14)3(13)2-12;1-2-3;2*1-2/h2-7,13-16H,1,9-10H2,(H,11,17);2-3H2,1H3;2*1-2H2/t3-,4?,5+,6+,7-;;;/m1.../s1. The Bertz CT molecular complexity index is 307. The molecule has 0 aromatic heterocycles. The second-order valence-corrected chi connectivity index (χ2v) is 3.81. The van der Waals surface area contributed by atoms with Gasteiger partial charge >= 0.3 is 0 Å². The van der Waals surface area contributed by atoms with E-state index in [9.17, 15) is 19.8 Å². The maximum absolute atomic E-state index is 11.2. The van der Waals surface area contributed by atoms with Gasteiger partial charge in [-0.2, -0.15) is 0 Å². The van der Waals surface area contributed by atoms with Gasteiger partial charge in [-0.1, -0.05) is 6.92 Å². The summed E-state index contributed by atoms with van der Waals surface area (Å²) in [6.07, 6.45) is -8.92. The third kappa shape index (κ3) is 15.2. The number of carbonyl (C=O) groups is 2. The summed E-state index contributed by atoms with van der Waals surface area (Å²) in [7, 11) is 0. The number of nitrogens with two attached hydrogens (primary N) is 3. The van der Waals surface area contributed by atoms with E-state index in [4.69, 9.17) is 27.4 Å². The molecule has 0 aliphatic heterocycles. The molecule has 24 heavy (non-hydrogen) atoms. The van der Waals surface area contributed by atoms with Crippen LogP contribution >= 0.6 is 0 Å². The lowest BCUT2D eigenvalue weighted by molar-refractivity contribution is -0.150. The summed E-state index contributed by atoms with van der Waals surface area (Å²) in [4.78, 5) is 21.4. The molecule has 0 aliphatic rings. The summed E-state index contributed by atoms with van der Waals surface area (Å²) in [5.41, 5.74) is 15.2. The van der Waals surface area contributed by atoms with Crippen molar-refractivity contribution in [3.63, 3.8) is 0 Å². The second-order valence-electron chi connectivity index (χ2n) is 3.81. The fraction of sp³-hybridized carbons (Fsp3) is 0.571.